The number of halogens is 2. The Morgan fingerprint density at radius 2 is 2.07 bits per heavy atom. The van der Waals surface area contributed by atoms with E-state index in [1.807, 2.05) is 31.2 Å². The highest BCUT2D eigenvalue weighted by Crippen LogP contribution is 2.34. The van der Waals surface area contributed by atoms with E-state index in [1.165, 1.54) is 0 Å². The molecule has 0 spiro atoms. The van der Waals surface area contributed by atoms with Crippen LogP contribution in [-0.2, 0) is 0 Å². The van der Waals surface area contributed by atoms with E-state index in [2.05, 4.69) is 5.32 Å². The second kappa shape index (κ2) is 3.31. The molecule has 0 amide bonds. The van der Waals surface area contributed by atoms with E-state index in [-0.39, 0.29) is 19.0 Å². The fourth-order valence-corrected chi connectivity index (χ4v) is 1.91. The first-order valence-electron chi connectivity index (χ1n) is 4.75. The summed E-state index contributed by atoms with van der Waals surface area (Å²) in [6.45, 7) is 1.75. The highest BCUT2D eigenvalue weighted by atomic mass is 19.3. The number of aryl methyl sites for hydroxylation is 1. The molecule has 0 aromatic heterocycles. The number of rotatable bonds is 1. The van der Waals surface area contributed by atoms with Crippen LogP contribution in [0.2, 0.25) is 0 Å². The van der Waals surface area contributed by atoms with Gasteiger partial charge in [0.05, 0.1) is 6.54 Å². The Bertz CT molecular complexity index is 336. The molecule has 0 saturated carbocycles. The van der Waals surface area contributed by atoms with Crippen molar-refractivity contribution < 1.29 is 8.78 Å². The molecule has 0 radical (unpaired) electrons. The lowest BCUT2D eigenvalue weighted by atomic mass is 9.99. The van der Waals surface area contributed by atoms with Crippen molar-refractivity contribution in [3.63, 3.8) is 0 Å². The summed E-state index contributed by atoms with van der Waals surface area (Å²) in [6.07, 6.45) is -0.0855. The van der Waals surface area contributed by atoms with Crippen LogP contribution in [0.1, 0.15) is 23.6 Å². The fraction of sp³-hybridized carbons (Fsp3) is 0.455. The molecule has 0 bridgehead atoms. The van der Waals surface area contributed by atoms with Crippen molar-refractivity contribution in [1.29, 1.82) is 0 Å². The highest BCUT2D eigenvalue weighted by molar-refractivity contribution is 5.29. The minimum atomic E-state index is -2.55. The molecule has 1 aliphatic rings. The first-order chi connectivity index (χ1) is 6.58. The first kappa shape index (κ1) is 9.59. The summed E-state index contributed by atoms with van der Waals surface area (Å²) in [5, 5.41) is 2.85. The molecular formula is C11H13F2N. The van der Waals surface area contributed by atoms with E-state index in [9.17, 15) is 8.78 Å². The topological polar surface area (TPSA) is 12.0 Å². The van der Waals surface area contributed by atoms with Crippen LogP contribution in [0.4, 0.5) is 8.78 Å². The van der Waals surface area contributed by atoms with Crippen molar-refractivity contribution in [3.05, 3.63) is 35.4 Å². The molecular weight excluding hydrogens is 184 g/mol. The van der Waals surface area contributed by atoms with Gasteiger partial charge in [-0.3, -0.25) is 0 Å². The molecule has 76 valence electrons. The minimum Gasteiger partial charge on any atom is -0.304 e. The lowest BCUT2D eigenvalue weighted by molar-refractivity contribution is 0.0210. The number of alkyl halides is 2. The van der Waals surface area contributed by atoms with Crippen LogP contribution in [0.3, 0.4) is 0 Å². The summed E-state index contributed by atoms with van der Waals surface area (Å²) in [5.41, 5.74) is 2.06. The SMILES string of the molecule is Cc1ccccc1C1CC(F)(F)CN1. The summed E-state index contributed by atoms with van der Waals surface area (Å²) in [5.74, 6) is -2.55. The van der Waals surface area contributed by atoms with Gasteiger partial charge in [0.25, 0.3) is 5.92 Å². The zero-order valence-corrected chi connectivity index (χ0v) is 8.06. The van der Waals surface area contributed by atoms with Gasteiger partial charge < -0.3 is 5.32 Å². The molecule has 1 heterocycles. The van der Waals surface area contributed by atoms with Crippen LogP contribution >= 0.6 is 0 Å². The van der Waals surface area contributed by atoms with Gasteiger partial charge in [-0.25, -0.2) is 8.78 Å². The van der Waals surface area contributed by atoms with Crippen molar-refractivity contribution in [2.45, 2.75) is 25.3 Å². The van der Waals surface area contributed by atoms with E-state index >= 15 is 0 Å². The number of hydrogen-bond acceptors (Lipinski definition) is 1. The average molecular weight is 197 g/mol. The second-order valence-electron chi connectivity index (χ2n) is 3.85. The minimum absolute atomic E-state index is 0.0855. The maximum atomic E-state index is 12.9. The van der Waals surface area contributed by atoms with Gasteiger partial charge in [0.15, 0.2) is 0 Å². The highest BCUT2D eigenvalue weighted by Gasteiger charge is 2.39. The molecule has 1 saturated heterocycles. The van der Waals surface area contributed by atoms with Gasteiger partial charge >= 0.3 is 0 Å². The van der Waals surface area contributed by atoms with Gasteiger partial charge in [-0.15, -0.1) is 0 Å². The van der Waals surface area contributed by atoms with Crippen LogP contribution in [0.15, 0.2) is 24.3 Å². The van der Waals surface area contributed by atoms with Crippen LogP contribution in [0, 0.1) is 6.92 Å². The van der Waals surface area contributed by atoms with Gasteiger partial charge in [-0.2, -0.15) is 0 Å². The standard InChI is InChI=1S/C11H13F2N/c1-8-4-2-3-5-9(8)10-6-11(12,13)7-14-10/h2-5,10,14H,6-7H2,1H3. The van der Waals surface area contributed by atoms with E-state index in [0.29, 0.717) is 0 Å². The molecule has 1 nitrogen and oxygen atoms in total. The Balaban J connectivity index is 2.22. The summed E-state index contributed by atoms with van der Waals surface area (Å²) in [7, 11) is 0. The van der Waals surface area contributed by atoms with Crippen molar-refractivity contribution >= 4 is 0 Å². The number of benzene rings is 1. The maximum Gasteiger partial charge on any atom is 0.262 e. The summed E-state index contributed by atoms with van der Waals surface area (Å²) >= 11 is 0. The van der Waals surface area contributed by atoms with Crippen molar-refractivity contribution in [3.8, 4) is 0 Å². The largest absolute Gasteiger partial charge is 0.304 e. The van der Waals surface area contributed by atoms with Gasteiger partial charge in [0.1, 0.15) is 0 Å². The molecule has 14 heavy (non-hydrogen) atoms. The Labute approximate surface area is 82.1 Å². The predicted octanol–water partition coefficient (Wildman–Crippen LogP) is 2.66. The third kappa shape index (κ3) is 1.77. The van der Waals surface area contributed by atoms with Crippen LogP contribution in [0.25, 0.3) is 0 Å². The summed E-state index contributed by atoms with van der Waals surface area (Å²) in [6, 6.07) is 7.49. The third-order valence-corrected chi connectivity index (χ3v) is 2.67. The van der Waals surface area contributed by atoms with E-state index in [1.54, 1.807) is 0 Å². The Kier molecular flexibility index (Phi) is 2.27. The summed E-state index contributed by atoms with van der Waals surface area (Å²) in [4.78, 5) is 0. The molecule has 1 unspecified atom stereocenters. The Hall–Kier alpha value is -0.960. The lowest BCUT2D eigenvalue weighted by Crippen LogP contribution is -2.19. The second-order valence-corrected chi connectivity index (χ2v) is 3.85. The summed E-state index contributed by atoms with van der Waals surface area (Å²) < 4.78 is 25.9. The van der Waals surface area contributed by atoms with E-state index in [0.717, 1.165) is 11.1 Å². The van der Waals surface area contributed by atoms with E-state index < -0.39 is 5.92 Å². The monoisotopic (exact) mass is 197 g/mol. The smallest absolute Gasteiger partial charge is 0.262 e. The van der Waals surface area contributed by atoms with Crippen LogP contribution < -0.4 is 5.32 Å². The van der Waals surface area contributed by atoms with Crippen LogP contribution in [-0.4, -0.2) is 12.5 Å². The van der Waals surface area contributed by atoms with Crippen molar-refractivity contribution in [2.24, 2.45) is 0 Å². The Morgan fingerprint density at radius 3 is 2.64 bits per heavy atom. The van der Waals surface area contributed by atoms with Gasteiger partial charge in [-0.05, 0) is 18.1 Å². The van der Waals surface area contributed by atoms with E-state index in [4.69, 9.17) is 0 Å². The molecule has 2 rings (SSSR count). The van der Waals surface area contributed by atoms with Gasteiger partial charge in [0.2, 0.25) is 0 Å². The number of nitrogens with one attached hydrogen (secondary N) is 1. The molecule has 1 N–H and O–H groups in total. The normalized spacial score (nSPS) is 25.2. The Morgan fingerprint density at radius 1 is 1.36 bits per heavy atom. The number of hydrogen-bond donors (Lipinski definition) is 1. The van der Waals surface area contributed by atoms with Crippen molar-refractivity contribution in [2.75, 3.05) is 6.54 Å². The maximum absolute atomic E-state index is 12.9. The molecule has 1 fully saturated rings. The molecule has 1 aromatic carbocycles. The quantitative estimate of drug-likeness (QED) is 0.729. The molecule has 1 atom stereocenters. The van der Waals surface area contributed by atoms with Gasteiger partial charge in [0, 0.05) is 12.5 Å². The molecule has 1 aliphatic heterocycles. The molecule has 1 aromatic rings. The zero-order valence-electron chi connectivity index (χ0n) is 8.06. The van der Waals surface area contributed by atoms with Gasteiger partial charge in [-0.1, -0.05) is 24.3 Å². The average Bonchev–Trinajstić information content (AvgIpc) is 2.47. The zero-order chi connectivity index (χ0) is 10.2. The predicted molar refractivity (Wildman–Crippen MR) is 51.5 cm³/mol. The molecule has 3 heteroatoms. The third-order valence-electron chi connectivity index (χ3n) is 2.67. The lowest BCUT2D eigenvalue weighted by Gasteiger charge is -2.13. The first-order valence-corrected chi connectivity index (χ1v) is 4.75. The molecule has 0 aliphatic carbocycles. The van der Waals surface area contributed by atoms with Crippen molar-refractivity contribution in [1.82, 2.24) is 5.32 Å². The van der Waals surface area contributed by atoms with Crippen LogP contribution in [0.5, 0.6) is 0 Å². The fourth-order valence-electron chi connectivity index (χ4n) is 1.91.